The lowest BCUT2D eigenvalue weighted by molar-refractivity contribution is 0.0908. The van der Waals surface area contributed by atoms with Crippen molar-refractivity contribution in [1.82, 2.24) is 9.47 Å². The normalized spacial score (nSPS) is 17.5. The summed E-state index contributed by atoms with van der Waals surface area (Å²) in [5.74, 6) is 1.99. The standard InChI is InChI=1S/C16H20N2O2S.ClH/c1-17(2)8-10-9-21-16-13(15(10)19)11-6-5-7-12(20-4)14(11)18(16)3;/h5-7,10H,8-9H2,1-4H3;1H. The molecule has 0 bridgehead atoms. The molecule has 1 aromatic carbocycles. The van der Waals surface area contributed by atoms with E-state index in [2.05, 4.69) is 9.47 Å². The lowest BCUT2D eigenvalue weighted by Crippen LogP contribution is -2.32. The molecular formula is C16H21ClN2O2S. The minimum atomic E-state index is 0. The summed E-state index contributed by atoms with van der Waals surface area (Å²) >= 11 is 1.77. The summed E-state index contributed by atoms with van der Waals surface area (Å²) in [7, 11) is 7.71. The molecule has 1 aromatic heterocycles. The van der Waals surface area contributed by atoms with E-state index < -0.39 is 0 Å². The molecule has 1 unspecified atom stereocenters. The molecule has 0 N–H and O–H groups in total. The minimum absolute atomic E-state index is 0. The quantitative estimate of drug-likeness (QED) is 0.860. The summed E-state index contributed by atoms with van der Waals surface area (Å²) in [6.07, 6.45) is 0. The zero-order chi connectivity index (χ0) is 15.1. The molecule has 1 aliphatic rings. The van der Waals surface area contributed by atoms with Gasteiger partial charge in [-0.1, -0.05) is 12.1 Å². The van der Waals surface area contributed by atoms with Crippen molar-refractivity contribution >= 4 is 40.9 Å². The summed E-state index contributed by atoms with van der Waals surface area (Å²) in [5.41, 5.74) is 1.88. The average Bonchev–Trinajstić information content (AvgIpc) is 2.75. The van der Waals surface area contributed by atoms with Gasteiger partial charge in [-0.2, -0.15) is 0 Å². The molecule has 1 aliphatic heterocycles. The number of carbonyl (C=O) groups excluding carboxylic acids is 1. The van der Waals surface area contributed by atoms with E-state index in [0.717, 1.165) is 39.5 Å². The van der Waals surface area contributed by atoms with E-state index in [1.165, 1.54) is 0 Å². The van der Waals surface area contributed by atoms with E-state index in [1.807, 2.05) is 39.3 Å². The molecule has 0 radical (unpaired) electrons. The van der Waals surface area contributed by atoms with Gasteiger partial charge in [0.05, 0.1) is 23.2 Å². The van der Waals surface area contributed by atoms with Crippen LogP contribution in [0.4, 0.5) is 0 Å². The van der Waals surface area contributed by atoms with Gasteiger partial charge in [0, 0.05) is 30.6 Å². The van der Waals surface area contributed by atoms with Crippen LogP contribution in [-0.2, 0) is 7.05 Å². The highest BCUT2D eigenvalue weighted by Gasteiger charge is 2.33. The summed E-state index contributed by atoms with van der Waals surface area (Å²) < 4.78 is 7.56. The number of ketones is 1. The predicted molar refractivity (Wildman–Crippen MR) is 93.8 cm³/mol. The molecule has 120 valence electrons. The number of carbonyl (C=O) groups is 1. The molecule has 6 heteroatoms. The number of halogens is 1. The van der Waals surface area contributed by atoms with Crippen LogP contribution >= 0.6 is 24.2 Å². The van der Waals surface area contributed by atoms with E-state index >= 15 is 0 Å². The Balaban J connectivity index is 0.00000176. The lowest BCUT2D eigenvalue weighted by atomic mass is 9.97. The number of methoxy groups -OCH3 is 1. The number of aryl methyl sites for hydroxylation is 1. The maximum Gasteiger partial charge on any atom is 0.171 e. The summed E-state index contributed by atoms with van der Waals surface area (Å²) in [6, 6.07) is 5.92. The van der Waals surface area contributed by atoms with Crippen LogP contribution in [0.25, 0.3) is 10.9 Å². The molecule has 0 amide bonds. The maximum atomic E-state index is 12.9. The average molecular weight is 341 g/mol. The number of ether oxygens (including phenoxy) is 1. The maximum absolute atomic E-state index is 12.9. The Morgan fingerprint density at radius 3 is 2.77 bits per heavy atom. The molecule has 1 atom stereocenters. The molecule has 0 saturated carbocycles. The zero-order valence-electron chi connectivity index (χ0n) is 13.3. The number of aromatic nitrogens is 1. The van der Waals surface area contributed by atoms with Gasteiger partial charge in [-0.05, 0) is 20.2 Å². The third-order valence-electron chi connectivity index (χ3n) is 3.97. The number of nitrogens with zero attached hydrogens (tertiary/aromatic N) is 2. The van der Waals surface area contributed by atoms with Crippen LogP contribution in [0.3, 0.4) is 0 Å². The van der Waals surface area contributed by atoms with Gasteiger partial charge in [-0.25, -0.2) is 0 Å². The molecule has 22 heavy (non-hydrogen) atoms. The van der Waals surface area contributed by atoms with Gasteiger partial charge in [-0.15, -0.1) is 24.2 Å². The van der Waals surface area contributed by atoms with Crippen molar-refractivity contribution in [1.29, 1.82) is 0 Å². The van der Waals surface area contributed by atoms with Crippen LogP contribution < -0.4 is 4.74 Å². The van der Waals surface area contributed by atoms with E-state index in [-0.39, 0.29) is 24.1 Å². The fraction of sp³-hybridized carbons (Fsp3) is 0.438. The Bertz CT molecular complexity index is 712. The molecule has 0 spiro atoms. The number of fused-ring (bicyclic) bond motifs is 3. The number of Topliss-reactive ketones (excluding diaryl/α,β-unsaturated/α-hetero) is 1. The summed E-state index contributed by atoms with van der Waals surface area (Å²) in [4.78, 5) is 15.0. The fourth-order valence-electron chi connectivity index (χ4n) is 3.06. The molecule has 2 aromatic rings. The third kappa shape index (κ3) is 2.62. The van der Waals surface area contributed by atoms with Gasteiger partial charge in [0.2, 0.25) is 0 Å². The van der Waals surface area contributed by atoms with Crippen molar-refractivity contribution < 1.29 is 9.53 Å². The van der Waals surface area contributed by atoms with Crippen molar-refractivity contribution in [3.63, 3.8) is 0 Å². The first-order valence-electron chi connectivity index (χ1n) is 7.01. The van der Waals surface area contributed by atoms with Crippen molar-refractivity contribution in [3.05, 3.63) is 23.8 Å². The highest BCUT2D eigenvalue weighted by molar-refractivity contribution is 7.99. The van der Waals surface area contributed by atoms with Gasteiger partial charge in [0.25, 0.3) is 0 Å². The van der Waals surface area contributed by atoms with E-state index in [0.29, 0.717) is 0 Å². The van der Waals surface area contributed by atoms with Crippen LogP contribution in [0.2, 0.25) is 0 Å². The first-order valence-corrected chi connectivity index (χ1v) is 8.00. The van der Waals surface area contributed by atoms with E-state index in [9.17, 15) is 4.79 Å². The van der Waals surface area contributed by atoms with Gasteiger partial charge in [0.15, 0.2) is 5.78 Å². The molecule has 4 nitrogen and oxygen atoms in total. The topological polar surface area (TPSA) is 34.5 Å². The number of thioether (sulfide) groups is 1. The molecule has 3 rings (SSSR count). The van der Waals surface area contributed by atoms with Crippen molar-refractivity contribution in [2.75, 3.05) is 33.5 Å². The summed E-state index contributed by atoms with van der Waals surface area (Å²) in [6.45, 7) is 0.797. The van der Waals surface area contributed by atoms with Crippen molar-refractivity contribution in [3.8, 4) is 5.75 Å². The molecule has 0 aliphatic carbocycles. The smallest absolute Gasteiger partial charge is 0.171 e. The zero-order valence-corrected chi connectivity index (χ0v) is 14.9. The second-order valence-corrected chi connectivity index (χ2v) is 6.74. The largest absolute Gasteiger partial charge is 0.495 e. The Morgan fingerprint density at radius 1 is 1.41 bits per heavy atom. The molecule has 0 fully saturated rings. The molecule has 2 heterocycles. The Kier molecular flexibility index (Phi) is 5.10. The van der Waals surface area contributed by atoms with Gasteiger partial charge >= 0.3 is 0 Å². The first kappa shape index (κ1) is 17.2. The molecule has 0 saturated heterocycles. The highest BCUT2D eigenvalue weighted by Crippen LogP contribution is 2.41. The van der Waals surface area contributed by atoms with Gasteiger partial charge < -0.3 is 14.2 Å². The lowest BCUT2D eigenvalue weighted by Gasteiger charge is -2.24. The van der Waals surface area contributed by atoms with Gasteiger partial charge in [0.1, 0.15) is 5.75 Å². The Hall–Kier alpha value is -1.17. The van der Waals surface area contributed by atoms with Crippen molar-refractivity contribution in [2.24, 2.45) is 13.0 Å². The Labute approximate surface area is 141 Å². The minimum Gasteiger partial charge on any atom is -0.495 e. The first-order chi connectivity index (χ1) is 10.0. The molecular weight excluding hydrogens is 320 g/mol. The number of hydrogen-bond acceptors (Lipinski definition) is 4. The number of hydrogen-bond donors (Lipinski definition) is 0. The monoisotopic (exact) mass is 340 g/mol. The van der Waals surface area contributed by atoms with Crippen LogP contribution in [-0.4, -0.2) is 48.8 Å². The van der Waals surface area contributed by atoms with Crippen molar-refractivity contribution in [2.45, 2.75) is 5.03 Å². The second kappa shape index (κ2) is 6.52. The third-order valence-corrected chi connectivity index (χ3v) is 5.29. The highest BCUT2D eigenvalue weighted by atomic mass is 35.5. The van der Waals surface area contributed by atoms with Gasteiger partial charge in [-0.3, -0.25) is 4.79 Å². The van der Waals surface area contributed by atoms with Crippen LogP contribution in [0.15, 0.2) is 23.2 Å². The Morgan fingerprint density at radius 2 is 2.14 bits per heavy atom. The SMILES string of the molecule is COc1cccc2c3c(n(C)c12)SCC(CN(C)C)C3=O.Cl. The van der Waals surface area contributed by atoms with Crippen LogP contribution in [0, 0.1) is 5.92 Å². The fourth-order valence-corrected chi connectivity index (χ4v) is 4.32. The number of para-hydroxylation sites is 1. The van der Waals surface area contributed by atoms with E-state index in [1.54, 1.807) is 18.9 Å². The second-order valence-electron chi connectivity index (χ2n) is 5.73. The number of rotatable bonds is 3. The van der Waals surface area contributed by atoms with Crippen LogP contribution in [0.5, 0.6) is 5.75 Å². The van der Waals surface area contributed by atoms with E-state index in [4.69, 9.17) is 4.74 Å². The summed E-state index contributed by atoms with van der Waals surface area (Å²) in [5, 5.41) is 2.07. The predicted octanol–water partition coefficient (Wildman–Crippen LogP) is 3.07. The van der Waals surface area contributed by atoms with Crippen LogP contribution in [0.1, 0.15) is 10.4 Å². The number of benzene rings is 1.